The van der Waals surface area contributed by atoms with Gasteiger partial charge in [0.05, 0.1) is 13.2 Å². The molecule has 2 amide bonds. The van der Waals surface area contributed by atoms with Crippen LogP contribution in [-0.2, 0) is 33.3 Å². The minimum atomic E-state index is -1.56. The number of carbonyl (C=O) groups is 3. The number of unbranched alkanes of at least 4 members (excludes halogenated alkanes) is 3. The van der Waals surface area contributed by atoms with E-state index in [-0.39, 0.29) is 38.4 Å². The molecule has 2 aliphatic rings. The number of carboxylic acids is 1. The number of aliphatic hydroxyl groups is 8. The Bertz CT molecular complexity index is 911. The summed E-state index contributed by atoms with van der Waals surface area (Å²) >= 11 is 0. The predicted molar refractivity (Wildman–Crippen MR) is 154 cm³/mol. The second-order valence-corrected chi connectivity index (χ2v) is 11.4. The number of hydrogen-bond donors (Lipinski definition) is 11. The van der Waals surface area contributed by atoms with Gasteiger partial charge in [-0.25, -0.2) is 4.79 Å². The Balaban J connectivity index is 1.52. The highest BCUT2D eigenvalue weighted by atomic mass is 16.7. The zero-order valence-corrected chi connectivity index (χ0v) is 25.6. The molecule has 11 N–H and O–H groups in total. The van der Waals surface area contributed by atoms with E-state index in [1.165, 1.54) is 0 Å². The van der Waals surface area contributed by atoms with Crippen molar-refractivity contribution in [3.8, 4) is 0 Å². The van der Waals surface area contributed by atoms with Crippen LogP contribution in [0.1, 0.15) is 57.8 Å². The van der Waals surface area contributed by atoms with Crippen molar-refractivity contribution >= 4 is 17.8 Å². The van der Waals surface area contributed by atoms with E-state index in [2.05, 4.69) is 10.6 Å². The number of rotatable bonds is 21. The number of nitrogens with one attached hydrogen (secondary N) is 2. The summed E-state index contributed by atoms with van der Waals surface area (Å²) in [7, 11) is 0. The first-order valence-corrected chi connectivity index (χ1v) is 15.5. The molecule has 2 rings (SSSR count). The summed E-state index contributed by atoms with van der Waals surface area (Å²) in [5.41, 5.74) is 0. The van der Waals surface area contributed by atoms with Crippen LogP contribution in [0.2, 0.25) is 0 Å². The monoisotopic (exact) mass is 670 g/mol. The van der Waals surface area contributed by atoms with E-state index in [4.69, 9.17) is 18.9 Å². The number of aliphatic hydroxyl groups excluding tert-OH is 8. The van der Waals surface area contributed by atoms with Crippen LogP contribution >= 0.6 is 0 Å². The highest BCUT2D eigenvalue weighted by Crippen LogP contribution is 2.23. The van der Waals surface area contributed by atoms with Crippen molar-refractivity contribution in [1.29, 1.82) is 0 Å². The van der Waals surface area contributed by atoms with Gasteiger partial charge in [-0.15, -0.1) is 0 Å². The lowest BCUT2D eigenvalue weighted by Crippen LogP contribution is -2.59. The molecule has 0 aliphatic carbocycles. The maximum absolute atomic E-state index is 12.2. The van der Waals surface area contributed by atoms with Crippen molar-refractivity contribution < 1.29 is 79.3 Å². The molecule has 0 saturated carbocycles. The number of carboxylic acid groups (broad SMARTS) is 1. The summed E-state index contributed by atoms with van der Waals surface area (Å²) < 4.78 is 21.2. The van der Waals surface area contributed by atoms with Gasteiger partial charge in [-0.3, -0.25) is 9.59 Å². The molecule has 46 heavy (non-hydrogen) atoms. The van der Waals surface area contributed by atoms with Crippen LogP contribution in [-0.4, -0.2) is 164 Å². The van der Waals surface area contributed by atoms with E-state index in [9.17, 15) is 60.3 Å². The fourth-order valence-corrected chi connectivity index (χ4v) is 4.90. The first-order valence-electron chi connectivity index (χ1n) is 15.5. The highest BCUT2D eigenvalue weighted by Gasteiger charge is 2.45. The number of hydrogen-bond acceptors (Lipinski definition) is 15. The van der Waals surface area contributed by atoms with E-state index in [1.807, 2.05) is 0 Å². The molecule has 268 valence electrons. The average Bonchev–Trinajstić information content (AvgIpc) is 3.03. The fourth-order valence-electron chi connectivity index (χ4n) is 4.90. The summed E-state index contributed by atoms with van der Waals surface area (Å²) in [4.78, 5) is 35.9. The molecule has 0 spiro atoms. The summed E-state index contributed by atoms with van der Waals surface area (Å²) in [6.45, 7) is -0.681. The van der Waals surface area contributed by atoms with Crippen molar-refractivity contribution in [1.82, 2.24) is 10.6 Å². The molecule has 11 atom stereocenters. The Kier molecular flexibility index (Phi) is 18.3. The average molecular weight is 671 g/mol. The molecule has 0 aromatic carbocycles. The summed E-state index contributed by atoms with van der Waals surface area (Å²) in [6.07, 6.45) is -10.8. The summed E-state index contributed by atoms with van der Waals surface area (Å²) in [5.74, 6) is -1.87. The van der Waals surface area contributed by atoms with Crippen molar-refractivity contribution in [2.24, 2.45) is 0 Å². The van der Waals surface area contributed by atoms with Gasteiger partial charge in [0, 0.05) is 32.6 Å². The Morgan fingerprint density at radius 1 is 0.630 bits per heavy atom. The Labute approximate surface area is 266 Å². The second-order valence-electron chi connectivity index (χ2n) is 11.4. The van der Waals surface area contributed by atoms with E-state index in [1.54, 1.807) is 0 Å². The summed E-state index contributed by atoms with van der Waals surface area (Å²) in [6, 6.07) is -1.10. The number of ether oxygens (including phenoxy) is 4. The van der Waals surface area contributed by atoms with Gasteiger partial charge in [0.2, 0.25) is 11.8 Å². The predicted octanol–water partition coefficient (Wildman–Crippen LogP) is -4.18. The third-order valence-corrected chi connectivity index (χ3v) is 7.73. The highest BCUT2D eigenvalue weighted by molar-refractivity contribution is 5.83. The van der Waals surface area contributed by atoms with Crippen LogP contribution in [0.25, 0.3) is 0 Å². The van der Waals surface area contributed by atoms with Gasteiger partial charge < -0.3 is 75.5 Å². The molecule has 0 unspecified atom stereocenters. The van der Waals surface area contributed by atoms with Crippen LogP contribution in [0.4, 0.5) is 0 Å². The number of amides is 2. The largest absolute Gasteiger partial charge is 0.480 e. The summed E-state index contributed by atoms with van der Waals surface area (Å²) in [5, 5.41) is 92.1. The molecule has 18 nitrogen and oxygen atoms in total. The Morgan fingerprint density at radius 3 is 1.57 bits per heavy atom. The fraction of sp³-hybridized carbons (Fsp3) is 0.893. The van der Waals surface area contributed by atoms with Crippen molar-refractivity contribution in [2.75, 3.05) is 33.0 Å². The number of aliphatic carboxylic acids is 1. The third-order valence-electron chi connectivity index (χ3n) is 7.73. The zero-order chi connectivity index (χ0) is 34.2. The van der Waals surface area contributed by atoms with Gasteiger partial charge in [-0.05, 0) is 44.9 Å². The molecule has 2 aliphatic heterocycles. The molecule has 2 fully saturated rings. The van der Waals surface area contributed by atoms with Crippen LogP contribution < -0.4 is 10.6 Å². The Hall–Kier alpha value is -2.07. The van der Waals surface area contributed by atoms with Gasteiger partial charge in [0.1, 0.15) is 54.9 Å². The molecule has 0 radical (unpaired) electrons. The maximum Gasteiger partial charge on any atom is 0.326 e. The van der Waals surface area contributed by atoms with Gasteiger partial charge in [-0.2, -0.15) is 0 Å². The number of carbonyl (C=O) groups excluding carboxylic acids is 2. The topological polar surface area (TPSA) is 294 Å². The normalized spacial score (nSPS) is 32.1. The quantitative estimate of drug-likeness (QED) is 0.0516. The standard InChI is InChI=1S/C28H50N2O16/c31-13-16-20(35)22(37)24(39)27(45-16)43-11-5-2-8-18(33)29-10-4-1-7-15(26(41)42)30-19(34)9-3-6-12-44-28-25(40)23(38)21(36)17(14-32)46-28/h15-17,20-25,27-28,31-32,35-40H,1-14H2,(H,29,33)(H,30,34)(H,41,42)/t15-,16+,17+,20-,21-,22-,23-,24+,25+,27+,28+/m0/s1. The van der Waals surface area contributed by atoms with Crippen LogP contribution in [0.15, 0.2) is 0 Å². The van der Waals surface area contributed by atoms with E-state index >= 15 is 0 Å². The Morgan fingerprint density at radius 2 is 1.11 bits per heavy atom. The van der Waals surface area contributed by atoms with Crippen molar-refractivity contribution in [2.45, 2.75) is 125 Å². The van der Waals surface area contributed by atoms with Crippen LogP contribution in [0, 0.1) is 0 Å². The van der Waals surface area contributed by atoms with Gasteiger partial charge in [0.15, 0.2) is 12.6 Å². The molecule has 2 saturated heterocycles. The molecule has 0 aromatic rings. The third kappa shape index (κ3) is 12.9. The second kappa shape index (κ2) is 21.0. The zero-order valence-electron chi connectivity index (χ0n) is 25.6. The van der Waals surface area contributed by atoms with E-state index in [0.29, 0.717) is 45.1 Å². The van der Waals surface area contributed by atoms with Crippen LogP contribution in [0.3, 0.4) is 0 Å². The minimum absolute atomic E-state index is 0.0193. The minimum Gasteiger partial charge on any atom is -0.480 e. The van der Waals surface area contributed by atoms with Crippen LogP contribution in [0.5, 0.6) is 0 Å². The molecule has 18 heteroatoms. The van der Waals surface area contributed by atoms with Crippen molar-refractivity contribution in [3.05, 3.63) is 0 Å². The molecule has 0 bridgehead atoms. The van der Waals surface area contributed by atoms with E-state index in [0.717, 1.165) is 0 Å². The van der Waals surface area contributed by atoms with Gasteiger partial charge >= 0.3 is 5.97 Å². The first-order chi connectivity index (χ1) is 21.9. The molecular weight excluding hydrogens is 620 g/mol. The smallest absolute Gasteiger partial charge is 0.326 e. The van der Waals surface area contributed by atoms with Gasteiger partial charge in [0.25, 0.3) is 0 Å². The SMILES string of the molecule is O=C(CCCCO[C@@H]1O[C@H](CO)[C@H](O)[C@H](O)[C@H]1O)NCCCC[C@H](NC(=O)CCCCO[C@@H]1O[C@H](CO)[C@H](O)[C@H](O)[C@H]1O)C(=O)O. The lowest BCUT2D eigenvalue weighted by Gasteiger charge is -2.39. The lowest BCUT2D eigenvalue weighted by atomic mass is 9.99. The molecule has 2 heterocycles. The van der Waals surface area contributed by atoms with Gasteiger partial charge in [-0.1, -0.05) is 0 Å². The molecular formula is C28H50N2O16. The molecule has 0 aromatic heterocycles. The first kappa shape index (κ1) is 40.1. The van der Waals surface area contributed by atoms with E-state index < -0.39 is 92.5 Å². The van der Waals surface area contributed by atoms with Crippen molar-refractivity contribution in [3.63, 3.8) is 0 Å². The maximum atomic E-state index is 12.2. The lowest BCUT2D eigenvalue weighted by molar-refractivity contribution is -0.301.